The predicted molar refractivity (Wildman–Crippen MR) is 112 cm³/mol. The first-order chi connectivity index (χ1) is 13.5. The Morgan fingerprint density at radius 1 is 1.04 bits per heavy atom. The fourth-order valence-corrected chi connectivity index (χ4v) is 3.33. The summed E-state index contributed by atoms with van der Waals surface area (Å²) in [5, 5.41) is 8.33. The molecule has 2 aromatic rings. The fraction of sp³-hybridized carbons (Fsp3) is 0.333. The van der Waals surface area contributed by atoms with Crippen molar-refractivity contribution in [2.45, 2.75) is 31.2 Å². The lowest BCUT2D eigenvalue weighted by atomic mass is 10.0. The summed E-state index contributed by atoms with van der Waals surface area (Å²) in [7, 11) is 0. The zero-order valence-electron chi connectivity index (χ0n) is 16.1. The second-order valence-electron chi connectivity index (χ2n) is 6.63. The van der Waals surface area contributed by atoms with E-state index in [1.807, 2.05) is 32.0 Å². The van der Waals surface area contributed by atoms with Crippen LogP contribution in [0.5, 0.6) is 0 Å². The van der Waals surface area contributed by atoms with Crippen LogP contribution in [0, 0.1) is 11.7 Å². The van der Waals surface area contributed by atoms with Crippen molar-refractivity contribution in [1.29, 1.82) is 0 Å². The van der Waals surface area contributed by atoms with Crippen LogP contribution in [0.15, 0.2) is 59.5 Å². The predicted octanol–water partition coefficient (Wildman–Crippen LogP) is 4.27. The number of amides is 3. The van der Waals surface area contributed by atoms with E-state index in [4.69, 9.17) is 0 Å². The minimum atomic E-state index is -0.617. The third kappa shape index (κ3) is 7.60. The van der Waals surface area contributed by atoms with Crippen LogP contribution in [0.4, 0.5) is 14.9 Å². The maximum absolute atomic E-state index is 12.9. The minimum Gasteiger partial charge on any atom is -0.354 e. The molecule has 1 atom stereocenters. The van der Waals surface area contributed by atoms with Crippen LogP contribution in [-0.4, -0.2) is 30.3 Å². The van der Waals surface area contributed by atoms with E-state index in [0.29, 0.717) is 12.2 Å². The quantitative estimate of drug-likeness (QED) is 0.433. The third-order valence-corrected chi connectivity index (χ3v) is 5.07. The zero-order valence-corrected chi connectivity index (χ0v) is 16.9. The van der Waals surface area contributed by atoms with Gasteiger partial charge in [-0.25, -0.2) is 9.18 Å². The van der Waals surface area contributed by atoms with Gasteiger partial charge >= 0.3 is 6.03 Å². The van der Waals surface area contributed by atoms with Gasteiger partial charge in [0.05, 0.1) is 0 Å². The van der Waals surface area contributed by atoms with Gasteiger partial charge in [-0.1, -0.05) is 32.0 Å². The Morgan fingerprint density at radius 2 is 1.71 bits per heavy atom. The highest BCUT2D eigenvalue weighted by Gasteiger charge is 2.23. The van der Waals surface area contributed by atoms with Crippen LogP contribution < -0.4 is 16.0 Å². The maximum atomic E-state index is 12.9. The number of anilines is 1. The van der Waals surface area contributed by atoms with Gasteiger partial charge < -0.3 is 16.0 Å². The molecule has 1 unspecified atom stereocenters. The van der Waals surface area contributed by atoms with E-state index in [9.17, 15) is 14.0 Å². The summed E-state index contributed by atoms with van der Waals surface area (Å²) in [5.74, 6) is 0.306. The molecule has 0 bridgehead atoms. The van der Waals surface area contributed by atoms with Crippen LogP contribution in [0.2, 0.25) is 0 Å². The van der Waals surface area contributed by atoms with Gasteiger partial charge in [-0.05, 0) is 54.5 Å². The Hall–Kier alpha value is -2.54. The van der Waals surface area contributed by atoms with E-state index in [1.165, 1.54) is 12.1 Å². The number of rotatable bonds is 9. The first kappa shape index (κ1) is 21.8. The summed E-state index contributed by atoms with van der Waals surface area (Å²) in [6, 6.07) is 14.4. The molecule has 5 nitrogen and oxygen atoms in total. The Bertz CT molecular complexity index is 754. The van der Waals surface area contributed by atoms with Gasteiger partial charge in [0.1, 0.15) is 11.9 Å². The molecule has 0 radical (unpaired) electrons. The van der Waals surface area contributed by atoms with Gasteiger partial charge in [-0.15, -0.1) is 11.8 Å². The Morgan fingerprint density at radius 3 is 2.36 bits per heavy atom. The number of carbonyl (C=O) groups excluding carboxylic acids is 2. The second kappa shape index (κ2) is 11.3. The number of benzene rings is 2. The molecule has 2 rings (SSSR count). The molecule has 0 aliphatic heterocycles. The molecule has 0 aromatic heterocycles. The lowest BCUT2D eigenvalue weighted by Gasteiger charge is -2.22. The number of hydrogen-bond donors (Lipinski definition) is 3. The maximum Gasteiger partial charge on any atom is 0.319 e. The molecule has 28 heavy (non-hydrogen) atoms. The summed E-state index contributed by atoms with van der Waals surface area (Å²) in [4.78, 5) is 25.6. The number of carbonyl (C=O) groups is 2. The van der Waals surface area contributed by atoms with Crippen LogP contribution in [0.25, 0.3) is 0 Å². The van der Waals surface area contributed by atoms with E-state index in [1.54, 1.807) is 36.0 Å². The Balaban J connectivity index is 1.72. The summed E-state index contributed by atoms with van der Waals surface area (Å²) in [5.41, 5.74) is 0.667. The van der Waals surface area contributed by atoms with Gasteiger partial charge in [0, 0.05) is 17.1 Å². The molecule has 0 saturated heterocycles. The molecule has 0 saturated carbocycles. The monoisotopic (exact) mass is 403 g/mol. The van der Waals surface area contributed by atoms with Crippen LogP contribution in [-0.2, 0) is 4.79 Å². The topological polar surface area (TPSA) is 70.2 Å². The summed E-state index contributed by atoms with van der Waals surface area (Å²) in [6.45, 7) is 4.28. The lowest BCUT2D eigenvalue weighted by molar-refractivity contribution is -0.123. The van der Waals surface area contributed by atoms with E-state index >= 15 is 0 Å². The molecule has 0 aliphatic carbocycles. The number of hydrogen-bond acceptors (Lipinski definition) is 3. The highest BCUT2D eigenvalue weighted by atomic mass is 32.2. The van der Waals surface area contributed by atoms with Crippen molar-refractivity contribution in [3.63, 3.8) is 0 Å². The molecular formula is C21H26FN3O2S. The average Bonchev–Trinajstić information content (AvgIpc) is 2.67. The number of thioether (sulfide) groups is 1. The Labute approximate surface area is 169 Å². The van der Waals surface area contributed by atoms with E-state index in [2.05, 4.69) is 16.0 Å². The van der Waals surface area contributed by atoms with Crippen LogP contribution in [0.1, 0.15) is 20.3 Å². The minimum absolute atomic E-state index is 0.0462. The molecule has 2 aromatic carbocycles. The van der Waals surface area contributed by atoms with Crippen molar-refractivity contribution >= 4 is 29.4 Å². The number of halogens is 1. The van der Waals surface area contributed by atoms with Gasteiger partial charge in [-0.2, -0.15) is 0 Å². The summed E-state index contributed by atoms with van der Waals surface area (Å²) in [6.07, 6.45) is 0.773. The SMILES string of the molecule is CC(C)C(NC(=O)Nc1ccccc1)C(=O)NCCCSc1ccc(F)cc1. The lowest BCUT2D eigenvalue weighted by Crippen LogP contribution is -2.51. The second-order valence-corrected chi connectivity index (χ2v) is 7.80. The smallest absolute Gasteiger partial charge is 0.319 e. The van der Waals surface area contributed by atoms with Crippen LogP contribution in [0.3, 0.4) is 0 Å². The highest BCUT2D eigenvalue weighted by Crippen LogP contribution is 2.18. The zero-order chi connectivity index (χ0) is 20.4. The molecular weight excluding hydrogens is 377 g/mol. The van der Waals surface area contributed by atoms with Crippen molar-refractivity contribution < 1.29 is 14.0 Å². The highest BCUT2D eigenvalue weighted by molar-refractivity contribution is 7.99. The number of urea groups is 1. The number of nitrogens with one attached hydrogen (secondary N) is 3. The third-order valence-electron chi connectivity index (χ3n) is 3.97. The van der Waals surface area contributed by atoms with E-state index < -0.39 is 12.1 Å². The molecule has 7 heteroatoms. The van der Waals surface area contributed by atoms with Crippen molar-refractivity contribution in [1.82, 2.24) is 10.6 Å². The Kier molecular flexibility index (Phi) is 8.81. The van der Waals surface area contributed by atoms with Gasteiger partial charge in [0.15, 0.2) is 0 Å². The van der Waals surface area contributed by atoms with E-state index in [0.717, 1.165) is 17.1 Å². The first-order valence-electron chi connectivity index (χ1n) is 9.24. The van der Waals surface area contributed by atoms with Crippen molar-refractivity contribution in [3.8, 4) is 0 Å². The standard InChI is InChI=1S/C21H26FN3O2S/c1-15(2)19(25-21(27)24-17-7-4-3-5-8-17)20(26)23-13-6-14-28-18-11-9-16(22)10-12-18/h3-5,7-12,15,19H,6,13-14H2,1-2H3,(H,23,26)(H2,24,25,27). The molecule has 0 heterocycles. The summed E-state index contributed by atoms with van der Waals surface area (Å²) >= 11 is 1.61. The number of para-hydroxylation sites is 1. The molecule has 150 valence electrons. The van der Waals surface area contributed by atoms with E-state index in [-0.39, 0.29) is 17.6 Å². The summed E-state index contributed by atoms with van der Waals surface area (Å²) < 4.78 is 12.9. The first-order valence-corrected chi connectivity index (χ1v) is 10.2. The fourth-order valence-electron chi connectivity index (χ4n) is 2.48. The normalized spacial score (nSPS) is 11.7. The largest absolute Gasteiger partial charge is 0.354 e. The molecule has 0 aliphatic rings. The molecule has 0 spiro atoms. The van der Waals surface area contributed by atoms with Crippen molar-refractivity contribution in [3.05, 3.63) is 60.4 Å². The van der Waals surface area contributed by atoms with Gasteiger partial charge in [0.25, 0.3) is 0 Å². The van der Waals surface area contributed by atoms with Crippen LogP contribution >= 0.6 is 11.8 Å². The molecule has 0 fully saturated rings. The molecule has 3 N–H and O–H groups in total. The van der Waals surface area contributed by atoms with Crippen molar-refractivity contribution in [2.24, 2.45) is 5.92 Å². The van der Waals surface area contributed by atoms with Crippen molar-refractivity contribution in [2.75, 3.05) is 17.6 Å². The average molecular weight is 404 g/mol. The van der Waals surface area contributed by atoms with Gasteiger partial charge in [0.2, 0.25) is 5.91 Å². The molecule has 3 amide bonds. The van der Waals surface area contributed by atoms with Gasteiger partial charge in [-0.3, -0.25) is 4.79 Å².